The zero-order valence-electron chi connectivity index (χ0n) is 10.2. The van der Waals surface area contributed by atoms with Crippen LogP contribution in [0.3, 0.4) is 0 Å². The van der Waals surface area contributed by atoms with Crippen LogP contribution in [0.15, 0.2) is 4.99 Å². The van der Waals surface area contributed by atoms with Crippen LogP contribution in [0, 0.1) is 5.92 Å². The second-order valence-electron chi connectivity index (χ2n) is 4.41. The molecular formula is C12H26N2. The minimum Gasteiger partial charge on any atom is -0.387 e. The van der Waals surface area contributed by atoms with Crippen molar-refractivity contribution in [3.8, 4) is 0 Å². The maximum atomic E-state index is 5.80. The van der Waals surface area contributed by atoms with Gasteiger partial charge in [0.2, 0.25) is 0 Å². The van der Waals surface area contributed by atoms with Crippen molar-refractivity contribution in [2.24, 2.45) is 16.6 Å². The normalized spacial score (nSPS) is 14.8. The van der Waals surface area contributed by atoms with Gasteiger partial charge in [-0.25, -0.2) is 0 Å². The molecule has 0 aliphatic carbocycles. The number of rotatable bonds is 7. The Morgan fingerprint density at radius 3 is 2.29 bits per heavy atom. The predicted molar refractivity (Wildman–Crippen MR) is 64.7 cm³/mol. The van der Waals surface area contributed by atoms with Crippen LogP contribution in [-0.2, 0) is 0 Å². The monoisotopic (exact) mass is 198 g/mol. The molecule has 0 fully saturated rings. The van der Waals surface area contributed by atoms with E-state index in [1.54, 1.807) is 0 Å². The largest absolute Gasteiger partial charge is 0.387 e. The summed E-state index contributed by atoms with van der Waals surface area (Å²) in [7, 11) is 0. The summed E-state index contributed by atoms with van der Waals surface area (Å²) in [5.41, 5.74) is 5.80. The Bertz CT molecular complexity index is 162. The Balaban J connectivity index is 3.64. The highest BCUT2D eigenvalue weighted by atomic mass is 14.9. The van der Waals surface area contributed by atoms with Crippen LogP contribution < -0.4 is 5.73 Å². The maximum absolute atomic E-state index is 5.80. The summed E-state index contributed by atoms with van der Waals surface area (Å²) in [6.45, 7) is 8.56. The summed E-state index contributed by atoms with van der Waals surface area (Å²) in [5.74, 6) is 1.18. The van der Waals surface area contributed by atoms with Crippen LogP contribution >= 0.6 is 0 Å². The molecule has 2 heteroatoms. The van der Waals surface area contributed by atoms with Crippen molar-refractivity contribution in [1.82, 2.24) is 0 Å². The van der Waals surface area contributed by atoms with E-state index in [2.05, 4.69) is 32.7 Å². The summed E-state index contributed by atoms with van der Waals surface area (Å²) in [6.07, 6.45) is 6.43. The molecule has 84 valence electrons. The van der Waals surface area contributed by atoms with Gasteiger partial charge < -0.3 is 5.73 Å². The van der Waals surface area contributed by atoms with Crippen molar-refractivity contribution < 1.29 is 0 Å². The first-order valence-electron chi connectivity index (χ1n) is 5.91. The molecule has 0 aromatic rings. The van der Waals surface area contributed by atoms with Crippen molar-refractivity contribution in [3.63, 3.8) is 0 Å². The molecule has 0 saturated heterocycles. The number of hydrogen-bond donors (Lipinski definition) is 1. The van der Waals surface area contributed by atoms with Gasteiger partial charge in [-0.2, -0.15) is 0 Å². The Morgan fingerprint density at radius 1 is 1.14 bits per heavy atom. The van der Waals surface area contributed by atoms with Crippen LogP contribution in [0.2, 0.25) is 0 Å². The second kappa shape index (κ2) is 7.84. The SMILES string of the molecule is CCCCCCC(C)N=C(N)C(C)C. The van der Waals surface area contributed by atoms with Crippen molar-refractivity contribution in [2.45, 2.75) is 65.8 Å². The third-order valence-electron chi connectivity index (χ3n) is 2.44. The third-order valence-corrected chi connectivity index (χ3v) is 2.44. The van der Waals surface area contributed by atoms with Gasteiger partial charge in [0.25, 0.3) is 0 Å². The van der Waals surface area contributed by atoms with E-state index in [9.17, 15) is 0 Å². The van der Waals surface area contributed by atoms with Crippen LogP contribution in [0.1, 0.15) is 59.8 Å². The fraction of sp³-hybridized carbons (Fsp3) is 0.917. The second-order valence-corrected chi connectivity index (χ2v) is 4.41. The predicted octanol–water partition coefficient (Wildman–Crippen LogP) is 3.36. The van der Waals surface area contributed by atoms with Crippen molar-refractivity contribution in [3.05, 3.63) is 0 Å². The molecule has 0 heterocycles. The molecule has 0 rings (SSSR count). The van der Waals surface area contributed by atoms with Gasteiger partial charge in [0, 0.05) is 12.0 Å². The molecule has 0 aliphatic rings. The first-order chi connectivity index (χ1) is 6.57. The molecule has 0 saturated carbocycles. The number of amidine groups is 1. The average Bonchev–Trinajstić information content (AvgIpc) is 2.12. The third kappa shape index (κ3) is 6.93. The van der Waals surface area contributed by atoms with Crippen molar-refractivity contribution >= 4 is 5.84 Å². The van der Waals surface area contributed by atoms with Gasteiger partial charge in [0.05, 0.1) is 5.84 Å². The molecular weight excluding hydrogens is 172 g/mol. The number of hydrogen-bond acceptors (Lipinski definition) is 1. The highest BCUT2D eigenvalue weighted by Crippen LogP contribution is 2.08. The molecule has 0 radical (unpaired) electrons. The van der Waals surface area contributed by atoms with Gasteiger partial charge in [0.15, 0.2) is 0 Å². The van der Waals surface area contributed by atoms with E-state index in [0.717, 1.165) is 5.84 Å². The van der Waals surface area contributed by atoms with E-state index in [0.29, 0.717) is 12.0 Å². The average molecular weight is 198 g/mol. The lowest BCUT2D eigenvalue weighted by atomic mass is 10.1. The Labute approximate surface area is 89.0 Å². The molecule has 2 N–H and O–H groups in total. The van der Waals surface area contributed by atoms with E-state index in [1.807, 2.05) is 0 Å². The maximum Gasteiger partial charge on any atom is 0.0966 e. The first kappa shape index (κ1) is 13.5. The van der Waals surface area contributed by atoms with Crippen LogP contribution in [0.5, 0.6) is 0 Å². The number of nitrogens with two attached hydrogens (primary N) is 1. The Kier molecular flexibility index (Phi) is 7.54. The number of unbranched alkanes of at least 4 members (excludes halogenated alkanes) is 3. The van der Waals surface area contributed by atoms with E-state index in [1.165, 1.54) is 32.1 Å². The zero-order valence-corrected chi connectivity index (χ0v) is 10.2. The van der Waals surface area contributed by atoms with Crippen molar-refractivity contribution in [1.29, 1.82) is 0 Å². The fourth-order valence-electron chi connectivity index (χ4n) is 1.33. The van der Waals surface area contributed by atoms with E-state index in [-0.39, 0.29) is 0 Å². The van der Waals surface area contributed by atoms with Crippen molar-refractivity contribution in [2.75, 3.05) is 0 Å². The molecule has 2 nitrogen and oxygen atoms in total. The molecule has 1 atom stereocenters. The summed E-state index contributed by atoms with van der Waals surface area (Å²) in [5, 5.41) is 0. The number of aliphatic imine (C=N–C) groups is 1. The first-order valence-corrected chi connectivity index (χ1v) is 5.91. The minimum absolute atomic E-state index is 0.382. The number of nitrogens with zero attached hydrogens (tertiary/aromatic N) is 1. The summed E-state index contributed by atoms with van der Waals surface area (Å²) >= 11 is 0. The Hall–Kier alpha value is -0.530. The quantitative estimate of drug-likeness (QED) is 0.380. The van der Waals surface area contributed by atoms with Crippen LogP contribution in [0.25, 0.3) is 0 Å². The highest BCUT2D eigenvalue weighted by Gasteiger charge is 2.03. The lowest BCUT2D eigenvalue weighted by Gasteiger charge is -2.09. The van der Waals surface area contributed by atoms with Crippen LogP contribution in [-0.4, -0.2) is 11.9 Å². The van der Waals surface area contributed by atoms with E-state index >= 15 is 0 Å². The standard InChI is InChI=1S/C12H26N2/c1-5-6-7-8-9-11(4)14-12(13)10(2)3/h10-11H,5-9H2,1-4H3,(H2,13,14). The molecule has 0 aromatic carbocycles. The van der Waals surface area contributed by atoms with Crippen LogP contribution in [0.4, 0.5) is 0 Å². The van der Waals surface area contributed by atoms with Gasteiger partial charge >= 0.3 is 0 Å². The Morgan fingerprint density at radius 2 is 1.79 bits per heavy atom. The molecule has 0 aliphatic heterocycles. The molecule has 0 bridgehead atoms. The summed E-state index contributed by atoms with van der Waals surface area (Å²) < 4.78 is 0. The van der Waals surface area contributed by atoms with Gasteiger partial charge in [-0.1, -0.05) is 46.5 Å². The fourth-order valence-corrected chi connectivity index (χ4v) is 1.33. The lowest BCUT2D eigenvalue weighted by Crippen LogP contribution is -2.21. The topological polar surface area (TPSA) is 38.4 Å². The van der Waals surface area contributed by atoms with E-state index < -0.39 is 0 Å². The molecule has 0 amide bonds. The van der Waals surface area contributed by atoms with Gasteiger partial charge in [-0.05, 0) is 13.3 Å². The molecule has 14 heavy (non-hydrogen) atoms. The summed E-state index contributed by atoms with van der Waals surface area (Å²) in [4.78, 5) is 4.47. The highest BCUT2D eigenvalue weighted by molar-refractivity contribution is 5.82. The van der Waals surface area contributed by atoms with Gasteiger partial charge in [-0.15, -0.1) is 0 Å². The summed E-state index contributed by atoms with van der Waals surface area (Å²) in [6, 6.07) is 0.397. The molecule has 0 aromatic heterocycles. The smallest absolute Gasteiger partial charge is 0.0966 e. The molecule has 1 unspecified atom stereocenters. The van der Waals surface area contributed by atoms with E-state index in [4.69, 9.17) is 5.73 Å². The van der Waals surface area contributed by atoms with Gasteiger partial charge in [0.1, 0.15) is 0 Å². The zero-order chi connectivity index (χ0) is 11.0. The lowest BCUT2D eigenvalue weighted by molar-refractivity contribution is 0.573. The molecule has 0 spiro atoms. The minimum atomic E-state index is 0.382. The van der Waals surface area contributed by atoms with Gasteiger partial charge in [-0.3, -0.25) is 4.99 Å².